The molecule has 0 saturated heterocycles. The van der Waals surface area contributed by atoms with Crippen molar-refractivity contribution in [3.63, 3.8) is 0 Å². The predicted molar refractivity (Wildman–Crippen MR) is 74.6 cm³/mol. The van der Waals surface area contributed by atoms with Gasteiger partial charge in [0.15, 0.2) is 0 Å². The smallest absolute Gasteiger partial charge is 0.220 e. The minimum atomic E-state index is 0.169. The Hall–Kier alpha value is -0.570. The normalized spacial score (nSPS) is 39.5. The molecule has 4 rings (SSSR count). The highest BCUT2D eigenvalue weighted by Gasteiger charge is 2.51. The summed E-state index contributed by atoms with van der Waals surface area (Å²) < 4.78 is 0. The van der Waals surface area contributed by atoms with Crippen LogP contribution >= 0.6 is 0 Å². The first-order valence-electron chi connectivity index (χ1n) is 8.11. The summed E-state index contributed by atoms with van der Waals surface area (Å²) in [5.74, 6) is 2.92. The summed E-state index contributed by atoms with van der Waals surface area (Å²) in [6, 6.07) is 0. The van der Waals surface area contributed by atoms with Crippen molar-refractivity contribution >= 4 is 5.91 Å². The molecule has 4 fully saturated rings. The summed E-state index contributed by atoms with van der Waals surface area (Å²) in [5.41, 5.74) is 0.169. The topological polar surface area (TPSA) is 49.3 Å². The molecule has 0 unspecified atom stereocenters. The monoisotopic (exact) mass is 265 g/mol. The Morgan fingerprint density at radius 1 is 1.00 bits per heavy atom. The lowest BCUT2D eigenvalue weighted by molar-refractivity contribution is -0.127. The number of aliphatic hydroxyl groups is 1. The minimum Gasteiger partial charge on any atom is -0.396 e. The van der Waals surface area contributed by atoms with E-state index < -0.39 is 0 Å². The maximum Gasteiger partial charge on any atom is 0.220 e. The van der Waals surface area contributed by atoms with Gasteiger partial charge >= 0.3 is 0 Å². The Bertz CT molecular complexity index is 304. The molecule has 0 aliphatic heterocycles. The summed E-state index contributed by atoms with van der Waals surface area (Å²) in [4.78, 5) is 12.1. The molecule has 0 aromatic heterocycles. The highest BCUT2D eigenvalue weighted by Crippen LogP contribution is 2.55. The molecule has 3 nitrogen and oxygen atoms in total. The van der Waals surface area contributed by atoms with Gasteiger partial charge in [0.05, 0.1) is 0 Å². The van der Waals surface area contributed by atoms with E-state index in [2.05, 4.69) is 5.32 Å². The third kappa shape index (κ3) is 2.96. The van der Waals surface area contributed by atoms with E-state index >= 15 is 0 Å². The molecule has 4 aliphatic carbocycles. The van der Waals surface area contributed by atoms with Gasteiger partial charge in [-0.1, -0.05) is 6.42 Å². The maximum absolute atomic E-state index is 12.1. The fourth-order valence-electron chi connectivity index (χ4n) is 5.20. The third-order valence-corrected chi connectivity index (χ3v) is 5.50. The second kappa shape index (κ2) is 5.43. The van der Waals surface area contributed by atoms with Gasteiger partial charge in [-0.2, -0.15) is 0 Å². The number of nitrogens with one attached hydrogen (secondary N) is 1. The number of hydrogen-bond donors (Lipinski definition) is 2. The lowest BCUT2D eigenvalue weighted by Crippen LogP contribution is -2.59. The second-order valence-corrected chi connectivity index (χ2v) is 7.28. The van der Waals surface area contributed by atoms with Crippen molar-refractivity contribution in [3.8, 4) is 0 Å². The van der Waals surface area contributed by atoms with Gasteiger partial charge in [0, 0.05) is 18.6 Å². The van der Waals surface area contributed by atoms with Crippen LogP contribution in [0.2, 0.25) is 0 Å². The summed E-state index contributed by atoms with van der Waals surface area (Å²) in [5, 5.41) is 12.1. The molecule has 0 aromatic rings. The number of carbonyl (C=O) groups is 1. The van der Waals surface area contributed by atoms with Gasteiger partial charge in [-0.3, -0.25) is 4.79 Å². The van der Waals surface area contributed by atoms with Gasteiger partial charge in [-0.05, 0) is 69.1 Å². The average molecular weight is 265 g/mol. The zero-order valence-electron chi connectivity index (χ0n) is 11.9. The SMILES string of the molecule is O=C(CCCCCO)NC12CC3CC(CC(C3)C1)C2. The molecule has 0 spiro atoms. The van der Waals surface area contributed by atoms with Crippen LogP contribution in [0, 0.1) is 17.8 Å². The van der Waals surface area contributed by atoms with E-state index in [0.29, 0.717) is 6.42 Å². The predicted octanol–water partition coefficient (Wildman–Crippen LogP) is 2.62. The van der Waals surface area contributed by atoms with Crippen LogP contribution in [-0.4, -0.2) is 23.2 Å². The van der Waals surface area contributed by atoms with Gasteiger partial charge in [0.2, 0.25) is 5.91 Å². The number of carbonyl (C=O) groups excluding carboxylic acids is 1. The molecule has 0 radical (unpaired) electrons. The Balaban J connectivity index is 1.50. The molecule has 0 atom stereocenters. The van der Waals surface area contributed by atoms with Crippen molar-refractivity contribution in [2.45, 2.75) is 69.7 Å². The van der Waals surface area contributed by atoms with E-state index in [4.69, 9.17) is 5.11 Å². The number of aliphatic hydroxyl groups excluding tert-OH is 1. The maximum atomic E-state index is 12.1. The first kappa shape index (κ1) is 13.4. The van der Waals surface area contributed by atoms with Crippen molar-refractivity contribution < 1.29 is 9.90 Å². The molecule has 1 amide bonds. The highest BCUT2D eigenvalue weighted by molar-refractivity contribution is 5.76. The standard InChI is InChI=1S/C16H27NO2/c18-5-3-1-2-4-15(19)17-16-9-12-6-13(10-16)8-14(7-12)11-16/h12-14,18H,1-11H2,(H,17,19). The van der Waals surface area contributed by atoms with Gasteiger partial charge in [0.1, 0.15) is 0 Å². The van der Waals surface area contributed by atoms with Gasteiger partial charge in [0.25, 0.3) is 0 Å². The average Bonchev–Trinajstić information content (AvgIpc) is 2.32. The fourth-order valence-corrected chi connectivity index (χ4v) is 5.20. The zero-order valence-corrected chi connectivity index (χ0v) is 11.9. The van der Waals surface area contributed by atoms with Crippen molar-refractivity contribution in [1.29, 1.82) is 0 Å². The second-order valence-electron chi connectivity index (χ2n) is 7.28. The van der Waals surface area contributed by atoms with Crippen LogP contribution in [0.25, 0.3) is 0 Å². The van der Waals surface area contributed by atoms with Crippen LogP contribution in [0.4, 0.5) is 0 Å². The van der Waals surface area contributed by atoms with E-state index in [0.717, 1.165) is 37.0 Å². The highest BCUT2D eigenvalue weighted by atomic mass is 16.2. The lowest BCUT2D eigenvalue weighted by atomic mass is 9.53. The minimum absolute atomic E-state index is 0.169. The van der Waals surface area contributed by atoms with Crippen LogP contribution in [0.3, 0.4) is 0 Å². The van der Waals surface area contributed by atoms with Crippen molar-refractivity contribution in [2.75, 3.05) is 6.61 Å². The summed E-state index contributed by atoms with van der Waals surface area (Å²) in [6.07, 6.45) is 11.3. The van der Waals surface area contributed by atoms with Crippen molar-refractivity contribution in [1.82, 2.24) is 5.32 Å². The molecular formula is C16H27NO2. The van der Waals surface area contributed by atoms with E-state index in [9.17, 15) is 4.79 Å². The fraction of sp³-hybridized carbons (Fsp3) is 0.938. The van der Waals surface area contributed by atoms with Crippen molar-refractivity contribution in [2.24, 2.45) is 17.8 Å². The number of amides is 1. The summed E-state index contributed by atoms with van der Waals surface area (Å²) in [7, 11) is 0. The molecule has 4 aliphatic rings. The first-order valence-corrected chi connectivity index (χ1v) is 8.11. The van der Waals surface area contributed by atoms with E-state index in [1.165, 1.54) is 38.5 Å². The number of unbranched alkanes of at least 4 members (excludes halogenated alkanes) is 2. The molecular weight excluding hydrogens is 238 g/mol. The van der Waals surface area contributed by atoms with Gasteiger partial charge in [-0.25, -0.2) is 0 Å². The Kier molecular flexibility index (Phi) is 3.84. The van der Waals surface area contributed by atoms with Crippen LogP contribution in [0.1, 0.15) is 64.2 Å². The summed E-state index contributed by atoms with van der Waals surface area (Å²) in [6.45, 7) is 0.247. The van der Waals surface area contributed by atoms with Crippen LogP contribution in [0.15, 0.2) is 0 Å². The van der Waals surface area contributed by atoms with E-state index in [-0.39, 0.29) is 18.1 Å². The molecule has 19 heavy (non-hydrogen) atoms. The van der Waals surface area contributed by atoms with Crippen molar-refractivity contribution in [3.05, 3.63) is 0 Å². The number of hydrogen-bond acceptors (Lipinski definition) is 2. The number of rotatable bonds is 6. The van der Waals surface area contributed by atoms with Crippen LogP contribution in [-0.2, 0) is 4.79 Å². The Labute approximate surface area is 116 Å². The molecule has 0 heterocycles. The largest absolute Gasteiger partial charge is 0.396 e. The molecule has 0 aromatic carbocycles. The molecule has 2 N–H and O–H groups in total. The Morgan fingerprint density at radius 2 is 1.58 bits per heavy atom. The van der Waals surface area contributed by atoms with E-state index in [1.54, 1.807) is 0 Å². The van der Waals surface area contributed by atoms with Gasteiger partial charge in [-0.15, -0.1) is 0 Å². The molecule has 4 saturated carbocycles. The zero-order chi connectivity index (χ0) is 13.3. The van der Waals surface area contributed by atoms with Crippen LogP contribution in [0.5, 0.6) is 0 Å². The molecule has 3 heteroatoms. The molecule has 4 bridgehead atoms. The summed E-state index contributed by atoms with van der Waals surface area (Å²) >= 11 is 0. The van der Waals surface area contributed by atoms with Gasteiger partial charge < -0.3 is 10.4 Å². The Morgan fingerprint density at radius 3 is 2.11 bits per heavy atom. The van der Waals surface area contributed by atoms with E-state index in [1.807, 2.05) is 0 Å². The van der Waals surface area contributed by atoms with Crippen LogP contribution < -0.4 is 5.32 Å². The first-order chi connectivity index (χ1) is 9.19. The third-order valence-electron chi connectivity index (χ3n) is 5.50. The quantitative estimate of drug-likeness (QED) is 0.725. The lowest BCUT2D eigenvalue weighted by Gasteiger charge is -2.56. The molecule has 108 valence electrons.